The molecule has 5 nitrogen and oxygen atoms in total. The summed E-state index contributed by atoms with van der Waals surface area (Å²) in [6, 6.07) is 8.13. The third kappa shape index (κ3) is 2.86. The SMILES string of the molecule is CCN(CC)CCn1c2ccc(-c3cncs3)c(O)c2c2c3c(ccc21)C(=O)CC3. The number of ketones is 1. The van der Waals surface area contributed by atoms with Crippen molar-refractivity contribution in [2.75, 3.05) is 19.6 Å². The summed E-state index contributed by atoms with van der Waals surface area (Å²) in [5.74, 6) is 0.491. The molecule has 0 unspecified atom stereocenters. The lowest BCUT2D eigenvalue weighted by atomic mass is 10.0. The molecule has 30 heavy (non-hydrogen) atoms. The van der Waals surface area contributed by atoms with Crippen LogP contribution in [0.3, 0.4) is 0 Å². The first kappa shape index (κ1) is 19.3. The van der Waals surface area contributed by atoms with E-state index in [0.29, 0.717) is 6.42 Å². The van der Waals surface area contributed by atoms with E-state index in [0.717, 1.165) is 76.0 Å². The van der Waals surface area contributed by atoms with Gasteiger partial charge in [-0.3, -0.25) is 9.78 Å². The second-order valence-electron chi connectivity index (χ2n) is 7.81. The maximum atomic E-state index is 12.4. The monoisotopic (exact) mass is 419 g/mol. The topological polar surface area (TPSA) is 58.4 Å². The fraction of sp³-hybridized carbons (Fsp3) is 0.333. The van der Waals surface area contributed by atoms with Gasteiger partial charge in [-0.2, -0.15) is 0 Å². The molecule has 5 rings (SSSR count). The van der Waals surface area contributed by atoms with Crippen LogP contribution in [0, 0.1) is 0 Å². The molecule has 0 fully saturated rings. The Bertz CT molecular complexity index is 1250. The zero-order chi connectivity index (χ0) is 20.8. The van der Waals surface area contributed by atoms with Gasteiger partial charge in [0.15, 0.2) is 5.78 Å². The van der Waals surface area contributed by atoms with Crippen LogP contribution in [0.1, 0.15) is 36.2 Å². The fourth-order valence-corrected chi connectivity index (χ4v) is 5.43. The minimum Gasteiger partial charge on any atom is -0.507 e. The van der Waals surface area contributed by atoms with Crippen LogP contribution in [-0.2, 0) is 13.0 Å². The van der Waals surface area contributed by atoms with Crippen molar-refractivity contribution in [3.8, 4) is 16.2 Å². The number of hydrogen-bond acceptors (Lipinski definition) is 5. The van der Waals surface area contributed by atoms with Crippen LogP contribution in [0.5, 0.6) is 5.75 Å². The number of thiazole rings is 1. The summed E-state index contributed by atoms with van der Waals surface area (Å²) in [5, 5.41) is 13.3. The smallest absolute Gasteiger partial charge is 0.163 e. The van der Waals surface area contributed by atoms with E-state index in [1.54, 1.807) is 11.7 Å². The fourth-order valence-electron chi connectivity index (χ4n) is 4.78. The van der Waals surface area contributed by atoms with E-state index < -0.39 is 0 Å². The molecule has 1 aliphatic rings. The standard InChI is InChI=1S/C24H25N3O2S/c1-3-26(4-2)11-12-27-18-8-5-15-16(7-10-20(15)28)22(18)23-19(27)9-6-17(24(23)29)21-13-25-14-30-21/h5-6,8-9,13-14,29H,3-4,7,10-12H2,1-2H3. The first-order valence-electron chi connectivity index (χ1n) is 10.6. The van der Waals surface area contributed by atoms with E-state index in [1.165, 1.54) is 11.3 Å². The van der Waals surface area contributed by atoms with E-state index in [4.69, 9.17) is 0 Å². The second-order valence-corrected chi connectivity index (χ2v) is 8.70. The van der Waals surface area contributed by atoms with Crippen LogP contribution in [0.4, 0.5) is 0 Å². The van der Waals surface area contributed by atoms with Crippen molar-refractivity contribution in [3.63, 3.8) is 0 Å². The number of carbonyl (C=O) groups excluding carboxylic acids is 1. The minimum absolute atomic E-state index is 0.203. The highest BCUT2D eigenvalue weighted by atomic mass is 32.1. The number of Topliss-reactive ketones (excluding diaryl/α,β-unsaturated/α-hetero) is 1. The van der Waals surface area contributed by atoms with Gasteiger partial charge in [0.05, 0.1) is 21.3 Å². The molecule has 154 valence electrons. The van der Waals surface area contributed by atoms with Crippen LogP contribution in [0.25, 0.3) is 32.2 Å². The molecule has 0 bridgehead atoms. The Morgan fingerprint density at radius 1 is 1.07 bits per heavy atom. The molecule has 0 aliphatic heterocycles. The van der Waals surface area contributed by atoms with E-state index in [1.807, 2.05) is 12.1 Å². The molecule has 6 heteroatoms. The molecule has 2 heterocycles. The molecule has 2 aromatic heterocycles. The minimum atomic E-state index is 0.203. The summed E-state index contributed by atoms with van der Waals surface area (Å²) in [4.78, 5) is 19.9. The molecule has 1 aliphatic carbocycles. The second kappa shape index (κ2) is 7.52. The number of aryl methyl sites for hydroxylation is 1. The summed E-state index contributed by atoms with van der Waals surface area (Å²) in [5.41, 5.74) is 6.60. The summed E-state index contributed by atoms with van der Waals surface area (Å²) in [7, 11) is 0. The van der Waals surface area contributed by atoms with Gasteiger partial charge in [-0.15, -0.1) is 11.3 Å². The first-order valence-corrected chi connectivity index (χ1v) is 11.5. The molecule has 0 saturated carbocycles. The zero-order valence-electron chi connectivity index (χ0n) is 17.3. The highest BCUT2D eigenvalue weighted by Crippen LogP contribution is 2.45. The van der Waals surface area contributed by atoms with Gasteiger partial charge in [0.25, 0.3) is 0 Å². The van der Waals surface area contributed by atoms with Gasteiger partial charge < -0.3 is 14.6 Å². The Morgan fingerprint density at radius 2 is 1.80 bits per heavy atom. The van der Waals surface area contributed by atoms with Gasteiger partial charge in [-0.05, 0) is 49.3 Å². The Hall–Kier alpha value is -2.70. The number of carbonyl (C=O) groups is 1. The number of fused-ring (bicyclic) bond motifs is 5. The number of benzene rings is 2. The van der Waals surface area contributed by atoms with Crippen molar-refractivity contribution >= 4 is 38.9 Å². The third-order valence-electron chi connectivity index (χ3n) is 6.41. The predicted molar refractivity (Wildman–Crippen MR) is 123 cm³/mol. The van der Waals surface area contributed by atoms with Crippen molar-refractivity contribution in [1.82, 2.24) is 14.5 Å². The van der Waals surface area contributed by atoms with Crippen LogP contribution < -0.4 is 0 Å². The molecule has 0 amide bonds. The van der Waals surface area contributed by atoms with Crippen molar-refractivity contribution in [2.45, 2.75) is 33.2 Å². The number of likely N-dealkylation sites (N-methyl/N-ethyl adjacent to an activating group) is 1. The van der Waals surface area contributed by atoms with Gasteiger partial charge >= 0.3 is 0 Å². The van der Waals surface area contributed by atoms with Crippen molar-refractivity contribution in [1.29, 1.82) is 0 Å². The van der Waals surface area contributed by atoms with Gasteiger partial charge in [0.2, 0.25) is 0 Å². The lowest BCUT2D eigenvalue weighted by molar-refractivity contribution is 0.0994. The average molecular weight is 420 g/mol. The molecule has 0 saturated heterocycles. The average Bonchev–Trinajstić information content (AvgIpc) is 3.48. The summed E-state index contributed by atoms with van der Waals surface area (Å²) < 4.78 is 2.31. The maximum absolute atomic E-state index is 12.4. The van der Waals surface area contributed by atoms with E-state index in [2.05, 4.69) is 40.4 Å². The molecular weight excluding hydrogens is 394 g/mol. The highest BCUT2D eigenvalue weighted by Gasteiger charge is 2.27. The normalized spacial score (nSPS) is 13.8. The molecule has 4 aromatic rings. The lowest BCUT2D eigenvalue weighted by Crippen LogP contribution is -2.26. The lowest BCUT2D eigenvalue weighted by Gasteiger charge is -2.19. The molecule has 0 atom stereocenters. The van der Waals surface area contributed by atoms with Crippen molar-refractivity contribution in [3.05, 3.63) is 47.1 Å². The Kier molecular flexibility index (Phi) is 4.83. The number of aromatic hydroxyl groups is 1. The van der Waals surface area contributed by atoms with Crippen LogP contribution >= 0.6 is 11.3 Å². The quantitative estimate of drug-likeness (QED) is 0.473. The zero-order valence-corrected chi connectivity index (χ0v) is 18.1. The third-order valence-corrected chi connectivity index (χ3v) is 7.22. The van der Waals surface area contributed by atoms with Gasteiger partial charge in [-0.25, -0.2) is 0 Å². The highest BCUT2D eigenvalue weighted by molar-refractivity contribution is 7.13. The molecule has 2 aromatic carbocycles. The Morgan fingerprint density at radius 3 is 2.50 bits per heavy atom. The van der Waals surface area contributed by atoms with Crippen molar-refractivity contribution < 1.29 is 9.90 Å². The first-order chi connectivity index (χ1) is 14.6. The van der Waals surface area contributed by atoms with Gasteiger partial charge in [0, 0.05) is 47.7 Å². The molecule has 0 radical (unpaired) electrons. The Balaban J connectivity index is 1.79. The summed E-state index contributed by atoms with van der Waals surface area (Å²) in [6.07, 6.45) is 3.08. The van der Waals surface area contributed by atoms with Crippen molar-refractivity contribution in [2.24, 2.45) is 0 Å². The number of nitrogens with zero attached hydrogens (tertiary/aromatic N) is 3. The maximum Gasteiger partial charge on any atom is 0.163 e. The largest absolute Gasteiger partial charge is 0.507 e. The molecular formula is C24H25N3O2S. The number of phenols is 1. The van der Waals surface area contributed by atoms with Crippen LogP contribution in [-0.4, -0.2) is 45.0 Å². The summed E-state index contributed by atoms with van der Waals surface area (Å²) in [6.45, 7) is 8.17. The Labute approximate surface area is 179 Å². The number of phenolic OH excluding ortho intramolecular Hbond substituents is 1. The molecule has 1 N–H and O–H groups in total. The van der Waals surface area contributed by atoms with Crippen LogP contribution in [0.15, 0.2) is 36.0 Å². The number of hydrogen-bond donors (Lipinski definition) is 1. The molecule has 0 spiro atoms. The predicted octanol–water partition coefficient (Wildman–Crippen LogP) is 5.09. The van der Waals surface area contributed by atoms with E-state index >= 15 is 0 Å². The summed E-state index contributed by atoms with van der Waals surface area (Å²) >= 11 is 1.52. The van der Waals surface area contributed by atoms with Gasteiger partial charge in [-0.1, -0.05) is 13.8 Å². The number of rotatable bonds is 6. The van der Waals surface area contributed by atoms with E-state index in [-0.39, 0.29) is 11.5 Å². The van der Waals surface area contributed by atoms with Gasteiger partial charge in [0.1, 0.15) is 5.75 Å². The van der Waals surface area contributed by atoms with E-state index in [9.17, 15) is 9.90 Å². The van der Waals surface area contributed by atoms with Crippen LogP contribution in [0.2, 0.25) is 0 Å². The number of aromatic nitrogens is 2.